The van der Waals surface area contributed by atoms with Gasteiger partial charge in [0.2, 0.25) is 0 Å². The summed E-state index contributed by atoms with van der Waals surface area (Å²) in [7, 11) is 0. The van der Waals surface area contributed by atoms with Gasteiger partial charge in [-0.3, -0.25) is 9.89 Å². The minimum Gasteiger partial charge on any atom is -0.382 e. The summed E-state index contributed by atoms with van der Waals surface area (Å²) in [5, 5.41) is 9.32. The van der Waals surface area contributed by atoms with Gasteiger partial charge in [-0.15, -0.1) is 0 Å². The van der Waals surface area contributed by atoms with Gasteiger partial charge >= 0.3 is 0 Å². The molecular weight excluding hydrogens is 204 g/mol. The van der Waals surface area contributed by atoms with Crippen molar-refractivity contribution in [1.82, 2.24) is 15.5 Å². The van der Waals surface area contributed by atoms with Gasteiger partial charge in [0, 0.05) is 12.2 Å². The van der Waals surface area contributed by atoms with Crippen LogP contribution in [-0.4, -0.2) is 22.6 Å². The first-order valence-electron chi connectivity index (χ1n) is 5.61. The number of H-pyrrole nitrogens is 1. The van der Waals surface area contributed by atoms with Crippen molar-refractivity contribution >= 4 is 11.7 Å². The third kappa shape index (κ3) is 3.25. The molecule has 0 aliphatic heterocycles. The molecule has 16 heavy (non-hydrogen) atoms. The van der Waals surface area contributed by atoms with Gasteiger partial charge in [-0.1, -0.05) is 13.8 Å². The van der Waals surface area contributed by atoms with Crippen LogP contribution >= 0.6 is 0 Å². The number of rotatable bonds is 5. The standard InChI is InChI=1S/C11H20N4O/c1-7(2)5-4-6-13-11(16)9-8(3)14-15-10(9)12/h7H,4-6H2,1-3H3,(H,13,16)(H3,12,14,15). The van der Waals surface area contributed by atoms with Crippen LogP contribution in [0.2, 0.25) is 0 Å². The van der Waals surface area contributed by atoms with Crippen molar-refractivity contribution in [3.8, 4) is 0 Å². The highest BCUT2D eigenvalue weighted by atomic mass is 16.1. The lowest BCUT2D eigenvalue weighted by molar-refractivity contribution is 0.0953. The molecule has 5 heteroatoms. The normalized spacial score (nSPS) is 10.8. The maximum atomic E-state index is 11.7. The summed E-state index contributed by atoms with van der Waals surface area (Å²) in [5.41, 5.74) is 6.76. The first kappa shape index (κ1) is 12.5. The van der Waals surface area contributed by atoms with Crippen molar-refractivity contribution in [3.63, 3.8) is 0 Å². The second kappa shape index (κ2) is 5.53. The summed E-state index contributed by atoms with van der Waals surface area (Å²) in [6.45, 7) is 6.80. The number of aromatic amines is 1. The van der Waals surface area contributed by atoms with E-state index in [0.717, 1.165) is 12.8 Å². The fourth-order valence-corrected chi connectivity index (χ4v) is 1.54. The molecule has 4 N–H and O–H groups in total. The monoisotopic (exact) mass is 224 g/mol. The van der Waals surface area contributed by atoms with Crippen LogP contribution in [0.1, 0.15) is 42.7 Å². The quantitative estimate of drug-likeness (QED) is 0.662. The van der Waals surface area contributed by atoms with Gasteiger partial charge in [0.1, 0.15) is 5.56 Å². The molecule has 0 aliphatic carbocycles. The summed E-state index contributed by atoms with van der Waals surface area (Å²) < 4.78 is 0. The van der Waals surface area contributed by atoms with Gasteiger partial charge in [0.05, 0.1) is 0 Å². The van der Waals surface area contributed by atoms with Crippen molar-refractivity contribution in [2.24, 2.45) is 5.92 Å². The van der Waals surface area contributed by atoms with Crippen LogP contribution in [-0.2, 0) is 0 Å². The topological polar surface area (TPSA) is 83.8 Å². The van der Waals surface area contributed by atoms with E-state index in [9.17, 15) is 4.79 Å². The first-order valence-corrected chi connectivity index (χ1v) is 5.61. The number of carbonyl (C=O) groups excluding carboxylic acids is 1. The minimum absolute atomic E-state index is 0.146. The van der Waals surface area contributed by atoms with Gasteiger partial charge in [0.15, 0.2) is 5.82 Å². The number of nitrogens with two attached hydrogens (primary N) is 1. The Bertz CT molecular complexity index is 337. The number of hydrogen-bond donors (Lipinski definition) is 3. The Morgan fingerprint density at radius 2 is 2.25 bits per heavy atom. The predicted octanol–water partition coefficient (Wildman–Crippen LogP) is 1.47. The average Bonchev–Trinajstić information content (AvgIpc) is 2.53. The molecule has 1 rings (SSSR count). The number of aryl methyl sites for hydroxylation is 1. The summed E-state index contributed by atoms with van der Waals surface area (Å²) in [4.78, 5) is 11.7. The number of amides is 1. The number of nitrogens with zero attached hydrogens (tertiary/aromatic N) is 1. The number of anilines is 1. The molecule has 90 valence electrons. The molecule has 0 radical (unpaired) electrons. The van der Waals surface area contributed by atoms with E-state index in [0.29, 0.717) is 23.7 Å². The third-order valence-corrected chi connectivity index (χ3v) is 2.45. The molecule has 1 aromatic rings. The van der Waals surface area contributed by atoms with Crippen molar-refractivity contribution in [2.75, 3.05) is 12.3 Å². The lowest BCUT2D eigenvalue weighted by atomic mass is 10.1. The summed E-state index contributed by atoms with van der Waals surface area (Å²) in [6, 6.07) is 0. The maximum Gasteiger partial charge on any atom is 0.256 e. The average molecular weight is 224 g/mol. The predicted molar refractivity (Wildman–Crippen MR) is 64.1 cm³/mol. The number of nitrogen functional groups attached to an aromatic ring is 1. The second-order valence-electron chi connectivity index (χ2n) is 4.40. The third-order valence-electron chi connectivity index (χ3n) is 2.45. The molecular formula is C11H20N4O. The van der Waals surface area contributed by atoms with E-state index in [4.69, 9.17) is 5.73 Å². The van der Waals surface area contributed by atoms with Gasteiger partial charge in [-0.2, -0.15) is 5.10 Å². The van der Waals surface area contributed by atoms with Crippen LogP contribution in [0.3, 0.4) is 0 Å². The molecule has 0 bridgehead atoms. The zero-order chi connectivity index (χ0) is 12.1. The van der Waals surface area contributed by atoms with Crippen LogP contribution in [0.5, 0.6) is 0 Å². The van der Waals surface area contributed by atoms with Crippen molar-refractivity contribution in [2.45, 2.75) is 33.6 Å². The van der Waals surface area contributed by atoms with E-state index >= 15 is 0 Å². The molecule has 0 aromatic carbocycles. The Morgan fingerprint density at radius 3 is 2.75 bits per heavy atom. The minimum atomic E-state index is -0.146. The number of carbonyl (C=O) groups is 1. The fraction of sp³-hybridized carbons (Fsp3) is 0.636. The highest BCUT2D eigenvalue weighted by molar-refractivity contribution is 5.99. The van der Waals surface area contributed by atoms with E-state index < -0.39 is 0 Å². The molecule has 0 aliphatic rings. The van der Waals surface area contributed by atoms with E-state index in [2.05, 4.69) is 29.4 Å². The molecule has 1 amide bonds. The Balaban J connectivity index is 2.41. The molecule has 1 heterocycles. The van der Waals surface area contributed by atoms with Gasteiger partial charge in [-0.05, 0) is 25.7 Å². The maximum absolute atomic E-state index is 11.7. The second-order valence-corrected chi connectivity index (χ2v) is 4.40. The zero-order valence-electron chi connectivity index (χ0n) is 10.1. The van der Waals surface area contributed by atoms with E-state index in [1.807, 2.05) is 0 Å². The number of aromatic nitrogens is 2. The van der Waals surface area contributed by atoms with E-state index in [-0.39, 0.29) is 11.7 Å². The van der Waals surface area contributed by atoms with Crippen molar-refractivity contribution in [3.05, 3.63) is 11.3 Å². The fourth-order valence-electron chi connectivity index (χ4n) is 1.54. The Kier molecular flexibility index (Phi) is 4.34. The van der Waals surface area contributed by atoms with Gasteiger partial charge in [0.25, 0.3) is 5.91 Å². The van der Waals surface area contributed by atoms with Crippen LogP contribution < -0.4 is 11.1 Å². The lowest BCUT2D eigenvalue weighted by Crippen LogP contribution is -2.25. The zero-order valence-corrected chi connectivity index (χ0v) is 10.1. The molecule has 0 unspecified atom stereocenters. The number of nitrogens with one attached hydrogen (secondary N) is 2. The van der Waals surface area contributed by atoms with Crippen LogP contribution in [0.4, 0.5) is 5.82 Å². The van der Waals surface area contributed by atoms with Crippen LogP contribution in [0.15, 0.2) is 0 Å². The lowest BCUT2D eigenvalue weighted by Gasteiger charge is -2.06. The molecule has 1 aromatic heterocycles. The SMILES string of the molecule is Cc1[nH]nc(N)c1C(=O)NCCCC(C)C. The van der Waals surface area contributed by atoms with E-state index in [1.54, 1.807) is 6.92 Å². The van der Waals surface area contributed by atoms with E-state index in [1.165, 1.54) is 0 Å². The Morgan fingerprint density at radius 1 is 1.56 bits per heavy atom. The van der Waals surface area contributed by atoms with Crippen molar-refractivity contribution in [1.29, 1.82) is 0 Å². The number of hydrogen-bond acceptors (Lipinski definition) is 3. The smallest absolute Gasteiger partial charge is 0.256 e. The van der Waals surface area contributed by atoms with Crippen LogP contribution in [0.25, 0.3) is 0 Å². The molecule has 0 saturated carbocycles. The Hall–Kier alpha value is -1.52. The molecule has 0 fully saturated rings. The summed E-state index contributed by atoms with van der Waals surface area (Å²) >= 11 is 0. The highest BCUT2D eigenvalue weighted by Gasteiger charge is 2.15. The van der Waals surface area contributed by atoms with Gasteiger partial charge in [-0.25, -0.2) is 0 Å². The molecule has 0 saturated heterocycles. The highest BCUT2D eigenvalue weighted by Crippen LogP contribution is 2.11. The largest absolute Gasteiger partial charge is 0.382 e. The van der Waals surface area contributed by atoms with Crippen LogP contribution in [0, 0.1) is 12.8 Å². The molecule has 0 atom stereocenters. The molecule has 0 spiro atoms. The first-order chi connectivity index (χ1) is 7.52. The summed E-state index contributed by atoms with van der Waals surface area (Å²) in [5.74, 6) is 0.781. The van der Waals surface area contributed by atoms with Gasteiger partial charge < -0.3 is 11.1 Å². The van der Waals surface area contributed by atoms with Crippen molar-refractivity contribution < 1.29 is 4.79 Å². The summed E-state index contributed by atoms with van der Waals surface area (Å²) in [6.07, 6.45) is 2.10. The Labute approximate surface area is 95.8 Å². The molecule has 5 nitrogen and oxygen atoms in total.